The van der Waals surface area contributed by atoms with Crippen molar-refractivity contribution in [1.82, 2.24) is 10.2 Å². The molecule has 9 heteroatoms. The summed E-state index contributed by atoms with van der Waals surface area (Å²) >= 11 is 6.04. The highest BCUT2D eigenvalue weighted by Gasteiger charge is 2.32. The first-order chi connectivity index (χ1) is 16.1. The summed E-state index contributed by atoms with van der Waals surface area (Å²) in [7, 11) is -3.78. The zero-order chi connectivity index (χ0) is 25.3. The highest BCUT2D eigenvalue weighted by Crippen LogP contribution is 2.26. The van der Waals surface area contributed by atoms with Crippen molar-refractivity contribution in [3.05, 3.63) is 64.7 Å². The Balaban J connectivity index is 2.40. The van der Waals surface area contributed by atoms with Crippen LogP contribution in [0.4, 0.5) is 5.69 Å². The predicted molar refractivity (Wildman–Crippen MR) is 137 cm³/mol. The third kappa shape index (κ3) is 7.74. The fraction of sp³-hybridized carbons (Fsp3) is 0.440. The number of halogens is 1. The minimum absolute atomic E-state index is 0.191. The zero-order valence-electron chi connectivity index (χ0n) is 20.3. The van der Waals surface area contributed by atoms with Crippen LogP contribution in [0.1, 0.15) is 44.2 Å². The summed E-state index contributed by atoms with van der Waals surface area (Å²) in [5.41, 5.74) is 1.86. The Bertz CT molecular complexity index is 1080. The van der Waals surface area contributed by atoms with Gasteiger partial charge in [0.25, 0.3) is 0 Å². The van der Waals surface area contributed by atoms with Gasteiger partial charge in [0, 0.05) is 18.1 Å². The molecule has 186 valence electrons. The lowest BCUT2D eigenvalue weighted by molar-refractivity contribution is -0.140. The quantitative estimate of drug-likeness (QED) is 0.437. The molecule has 0 aliphatic heterocycles. The number of amides is 2. The van der Waals surface area contributed by atoms with E-state index in [-0.39, 0.29) is 12.5 Å². The molecule has 2 rings (SSSR count). The third-order valence-corrected chi connectivity index (χ3v) is 6.88. The van der Waals surface area contributed by atoms with Crippen molar-refractivity contribution < 1.29 is 18.0 Å². The number of benzene rings is 2. The molecule has 0 spiro atoms. The van der Waals surface area contributed by atoms with Crippen LogP contribution < -0.4 is 9.62 Å². The van der Waals surface area contributed by atoms with E-state index in [0.29, 0.717) is 29.2 Å². The summed E-state index contributed by atoms with van der Waals surface area (Å²) in [6.45, 7) is 5.91. The van der Waals surface area contributed by atoms with Gasteiger partial charge in [-0.15, -0.1) is 0 Å². The summed E-state index contributed by atoms with van der Waals surface area (Å²) in [6, 6.07) is 13.4. The third-order valence-electron chi connectivity index (χ3n) is 5.52. The Kier molecular flexibility index (Phi) is 10.4. The van der Waals surface area contributed by atoms with Crippen molar-refractivity contribution in [3.63, 3.8) is 0 Å². The lowest BCUT2D eigenvalue weighted by Gasteiger charge is -2.33. The fourth-order valence-electron chi connectivity index (χ4n) is 3.70. The van der Waals surface area contributed by atoms with Gasteiger partial charge in [-0.25, -0.2) is 8.42 Å². The molecule has 0 saturated carbocycles. The Hall–Kier alpha value is -2.58. The Morgan fingerprint density at radius 3 is 2.32 bits per heavy atom. The number of unbranched alkanes of at least 4 members (excludes halogenated alkanes) is 1. The highest BCUT2D eigenvalue weighted by molar-refractivity contribution is 7.92. The maximum atomic E-state index is 13.6. The predicted octanol–water partition coefficient (Wildman–Crippen LogP) is 4.14. The summed E-state index contributed by atoms with van der Waals surface area (Å²) in [5, 5.41) is 3.38. The maximum absolute atomic E-state index is 13.6. The number of carbonyl (C=O) groups excluding carboxylic acids is 2. The number of aryl methyl sites for hydroxylation is 1. The van der Waals surface area contributed by atoms with Gasteiger partial charge >= 0.3 is 0 Å². The van der Waals surface area contributed by atoms with Crippen molar-refractivity contribution in [1.29, 1.82) is 0 Å². The van der Waals surface area contributed by atoms with E-state index in [1.54, 1.807) is 25.1 Å². The summed E-state index contributed by atoms with van der Waals surface area (Å²) in [6.07, 6.45) is 3.24. The average Bonchev–Trinajstić information content (AvgIpc) is 2.78. The number of rotatable bonds is 12. The standard InChI is InChI=1S/C25H34ClN3O4S/c1-5-7-15-27-25(31)22(6-2)28(17-20-11-9-8-10-12-20)24(30)18-29(34(4,32)33)23-14-13-21(26)16-19(23)3/h8-14,16,22H,5-7,15,17-18H2,1-4H3,(H,27,31)/t22-/m1/s1. The molecule has 2 aromatic carbocycles. The van der Waals surface area contributed by atoms with E-state index < -0.39 is 28.5 Å². The van der Waals surface area contributed by atoms with E-state index in [4.69, 9.17) is 11.6 Å². The molecule has 34 heavy (non-hydrogen) atoms. The van der Waals surface area contributed by atoms with Crippen molar-refractivity contribution >= 4 is 39.1 Å². The first-order valence-corrected chi connectivity index (χ1v) is 13.7. The van der Waals surface area contributed by atoms with Gasteiger partial charge in [0.2, 0.25) is 21.8 Å². The number of hydrogen-bond donors (Lipinski definition) is 1. The SMILES string of the molecule is CCCCNC(=O)[C@@H](CC)N(Cc1ccccc1)C(=O)CN(c1ccc(Cl)cc1C)S(C)(=O)=O. The van der Waals surface area contributed by atoms with Crippen LogP contribution in [0, 0.1) is 6.92 Å². The van der Waals surface area contributed by atoms with Crippen molar-refractivity contribution in [2.75, 3.05) is 23.7 Å². The normalized spacial score (nSPS) is 12.1. The van der Waals surface area contributed by atoms with Crippen molar-refractivity contribution in [3.8, 4) is 0 Å². The van der Waals surface area contributed by atoms with Gasteiger partial charge in [-0.05, 0) is 49.1 Å². The second-order valence-electron chi connectivity index (χ2n) is 8.28. The Morgan fingerprint density at radius 1 is 1.09 bits per heavy atom. The second kappa shape index (κ2) is 12.8. The topological polar surface area (TPSA) is 86.8 Å². The lowest BCUT2D eigenvalue weighted by atomic mass is 10.1. The molecule has 0 bridgehead atoms. The smallest absolute Gasteiger partial charge is 0.244 e. The first-order valence-electron chi connectivity index (χ1n) is 11.4. The first kappa shape index (κ1) is 27.7. The maximum Gasteiger partial charge on any atom is 0.244 e. The van der Waals surface area contributed by atoms with Gasteiger partial charge < -0.3 is 10.2 Å². The number of carbonyl (C=O) groups is 2. The molecular weight excluding hydrogens is 474 g/mol. The van der Waals surface area contributed by atoms with Crippen LogP contribution in [0.25, 0.3) is 0 Å². The molecule has 0 aliphatic carbocycles. The molecule has 0 aromatic heterocycles. The molecule has 0 unspecified atom stereocenters. The van der Waals surface area contributed by atoms with Crippen LogP contribution in [0.2, 0.25) is 5.02 Å². The zero-order valence-corrected chi connectivity index (χ0v) is 21.8. The summed E-state index contributed by atoms with van der Waals surface area (Å²) in [4.78, 5) is 28.1. The van der Waals surface area contributed by atoms with E-state index in [9.17, 15) is 18.0 Å². The molecule has 2 aromatic rings. The monoisotopic (exact) mass is 507 g/mol. The van der Waals surface area contributed by atoms with Crippen LogP contribution in [-0.2, 0) is 26.2 Å². The molecule has 0 fully saturated rings. The van der Waals surface area contributed by atoms with Gasteiger partial charge in [0.05, 0.1) is 11.9 Å². The number of nitrogens with one attached hydrogen (secondary N) is 1. The molecule has 0 heterocycles. The second-order valence-corrected chi connectivity index (χ2v) is 10.6. The highest BCUT2D eigenvalue weighted by atomic mass is 35.5. The minimum Gasteiger partial charge on any atom is -0.354 e. The van der Waals surface area contributed by atoms with Gasteiger partial charge in [-0.3, -0.25) is 13.9 Å². The van der Waals surface area contributed by atoms with Gasteiger partial charge in [0.1, 0.15) is 12.6 Å². The van der Waals surface area contributed by atoms with E-state index in [2.05, 4.69) is 5.32 Å². The van der Waals surface area contributed by atoms with Crippen LogP contribution >= 0.6 is 11.6 Å². The van der Waals surface area contributed by atoms with Gasteiger partial charge in [0.15, 0.2) is 0 Å². The molecule has 0 radical (unpaired) electrons. The Labute approximate surface area is 208 Å². The van der Waals surface area contributed by atoms with E-state index >= 15 is 0 Å². The molecule has 1 atom stereocenters. The minimum atomic E-state index is -3.78. The van der Waals surface area contributed by atoms with Gasteiger partial charge in [-0.1, -0.05) is 62.2 Å². The molecule has 0 aliphatic rings. The van der Waals surface area contributed by atoms with Crippen LogP contribution in [0.5, 0.6) is 0 Å². The van der Waals surface area contributed by atoms with Crippen molar-refractivity contribution in [2.24, 2.45) is 0 Å². The number of hydrogen-bond acceptors (Lipinski definition) is 4. The fourth-order valence-corrected chi connectivity index (χ4v) is 4.83. The molecular formula is C25H34ClN3O4S. The average molecular weight is 508 g/mol. The van der Waals surface area contributed by atoms with E-state index in [0.717, 1.165) is 29.0 Å². The van der Waals surface area contributed by atoms with Gasteiger partial charge in [-0.2, -0.15) is 0 Å². The number of nitrogens with zero attached hydrogens (tertiary/aromatic N) is 2. The number of sulfonamides is 1. The van der Waals surface area contributed by atoms with E-state index in [1.165, 1.54) is 4.90 Å². The summed E-state index contributed by atoms with van der Waals surface area (Å²) < 4.78 is 26.4. The summed E-state index contributed by atoms with van der Waals surface area (Å²) in [5.74, 6) is -0.699. The van der Waals surface area contributed by atoms with E-state index in [1.807, 2.05) is 44.2 Å². The van der Waals surface area contributed by atoms with Crippen LogP contribution in [0.3, 0.4) is 0 Å². The largest absolute Gasteiger partial charge is 0.354 e. The number of anilines is 1. The van der Waals surface area contributed by atoms with Crippen LogP contribution in [0.15, 0.2) is 48.5 Å². The Morgan fingerprint density at radius 2 is 1.76 bits per heavy atom. The lowest BCUT2D eigenvalue weighted by Crippen LogP contribution is -2.52. The molecule has 2 amide bonds. The van der Waals surface area contributed by atoms with Crippen molar-refractivity contribution in [2.45, 2.75) is 52.6 Å². The molecule has 0 saturated heterocycles. The molecule has 1 N–H and O–H groups in total. The van der Waals surface area contributed by atoms with Crippen LogP contribution in [-0.4, -0.2) is 50.5 Å². The molecule has 7 nitrogen and oxygen atoms in total.